The maximum absolute atomic E-state index is 5.13. The van der Waals surface area contributed by atoms with Crippen LogP contribution in [-0.2, 0) is 5.41 Å². The van der Waals surface area contributed by atoms with Crippen LogP contribution in [0.2, 0.25) is 0 Å². The summed E-state index contributed by atoms with van der Waals surface area (Å²) in [6, 6.07) is 27.2. The first-order valence-electron chi connectivity index (χ1n) is 14.6. The fourth-order valence-electron chi connectivity index (χ4n) is 8.91. The molecule has 1 spiro atoms. The van der Waals surface area contributed by atoms with E-state index in [1.54, 1.807) is 0 Å². The molecule has 4 fully saturated rings. The second-order valence-electron chi connectivity index (χ2n) is 12.2. The summed E-state index contributed by atoms with van der Waals surface area (Å²) in [5.74, 6) is 5.12. The van der Waals surface area contributed by atoms with Crippen molar-refractivity contribution in [1.82, 2.24) is 24.9 Å². The molecule has 10 rings (SSSR count). The molecule has 0 radical (unpaired) electrons. The lowest BCUT2D eigenvalue weighted by Gasteiger charge is -2.60. The number of hydrogen-bond donors (Lipinski definition) is 0. The molecule has 5 aromatic rings. The Labute approximate surface area is 233 Å². The van der Waals surface area contributed by atoms with Crippen LogP contribution in [-0.4, -0.2) is 24.9 Å². The lowest BCUT2D eigenvalue weighted by molar-refractivity contribution is -0.0400. The van der Waals surface area contributed by atoms with E-state index in [0.717, 1.165) is 39.9 Å². The normalized spacial score (nSPS) is 27.1. The Balaban J connectivity index is 1.25. The maximum Gasteiger partial charge on any atom is 0.165 e. The summed E-state index contributed by atoms with van der Waals surface area (Å²) < 4.78 is 0. The first-order valence-corrected chi connectivity index (χ1v) is 14.6. The molecule has 2 aromatic carbocycles. The number of pyridine rings is 2. The van der Waals surface area contributed by atoms with Gasteiger partial charge in [-0.2, -0.15) is 0 Å². The van der Waals surface area contributed by atoms with Gasteiger partial charge in [-0.3, -0.25) is 9.97 Å². The summed E-state index contributed by atoms with van der Waals surface area (Å²) in [5, 5.41) is 0. The van der Waals surface area contributed by atoms with Crippen molar-refractivity contribution < 1.29 is 0 Å². The van der Waals surface area contributed by atoms with E-state index >= 15 is 0 Å². The van der Waals surface area contributed by atoms with Gasteiger partial charge >= 0.3 is 0 Å². The van der Waals surface area contributed by atoms with Gasteiger partial charge < -0.3 is 0 Å². The van der Waals surface area contributed by atoms with Gasteiger partial charge in [-0.25, -0.2) is 15.0 Å². The van der Waals surface area contributed by atoms with Gasteiger partial charge in [0, 0.05) is 34.5 Å². The topological polar surface area (TPSA) is 64.5 Å². The number of fused-ring (bicyclic) bond motifs is 3. The molecular weight excluding hydrogens is 490 g/mol. The Morgan fingerprint density at radius 2 is 1.07 bits per heavy atom. The average molecular weight is 520 g/mol. The highest BCUT2D eigenvalue weighted by atomic mass is 15.0. The van der Waals surface area contributed by atoms with E-state index in [-0.39, 0.29) is 5.41 Å². The third-order valence-corrected chi connectivity index (χ3v) is 10.2. The largest absolute Gasteiger partial charge is 0.254 e. The molecule has 0 amide bonds. The van der Waals surface area contributed by atoms with E-state index in [1.807, 2.05) is 48.8 Å². The van der Waals surface area contributed by atoms with Crippen LogP contribution in [0.1, 0.15) is 43.2 Å². The average Bonchev–Trinajstić information content (AvgIpc) is 3.30. The standard InChI is InChI=1S/C35H29N5/c1-3-8-23(9-4-1)32-38-33(24-10-5-2-6-11-24)40-34(39-32)25-19-29-31(37-20-25)30-28(12-7-13-36-30)35(29)26-15-21-14-22(17-26)18-27(35)16-21/h1-13,19-22,26-27H,14-18H2. The molecule has 4 bridgehead atoms. The second-order valence-corrected chi connectivity index (χ2v) is 12.2. The van der Waals surface area contributed by atoms with E-state index in [0.29, 0.717) is 29.3 Å². The summed E-state index contributed by atoms with van der Waals surface area (Å²) in [6.07, 6.45) is 10.6. The van der Waals surface area contributed by atoms with Gasteiger partial charge in [0.1, 0.15) is 0 Å². The molecule has 5 aliphatic rings. The number of benzene rings is 2. The Morgan fingerprint density at radius 3 is 1.68 bits per heavy atom. The van der Waals surface area contributed by atoms with Gasteiger partial charge in [-0.15, -0.1) is 0 Å². The van der Waals surface area contributed by atoms with Crippen molar-refractivity contribution in [3.63, 3.8) is 0 Å². The lowest BCUT2D eigenvalue weighted by atomic mass is 9.43. The molecule has 5 nitrogen and oxygen atoms in total. The summed E-state index contributed by atoms with van der Waals surface area (Å²) in [6.45, 7) is 0. The van der Waals surface area contributed by atoms with Crippen molar-refractivity contribution >= 4 is 0 Å². The number of nitrogens with zero attached hydrogens (tertiary/aromatic N) is 5. The Morgan fingerprint density at radius 1 is 0.525 bits per heavy atom. The van der Waals surface area contributed by atoms with Crippen molar-refractivity contribution in [1.29, 1.82) is 0 Å². The zero-order chi connectivity index (χ0) is 26.3. The van der Waals surface area contributed by atoms with Crippen LogP contribution in [0.3, 0.4) is 0 Å². The molecule has 0 unspecified atom stereocenters. The summed E-state index contributed by atoms with van der Waals surface area (Å²) in [4.78, 5) is 25.0. The zero-order valence-electron chi connectivity index (χ0n) is 22.2. The van der Waals surface area contributed by atoms with Crippen LogP contribution in [0.25, 0.3) is 45.6 Å². The molecule has 40 heavy (non-hydrogen) atoms. The second kappa shape index (κ2) is 8.37. The van der Waals surface area contributed by atoms with Crippen molar-refractivity contribution in [3.8, 4) is 45.6 Å². The third kappa shape index (κ3) is 3.12. The van der Waals surface area contributed by atoms with Gasteiger partial charge in [0.05, 0.1) is 11.4 Å². The van der Waals surface area contributed by atoms with Crippen LogP contribution in [0.15, 0.2) is 91.3 Å². The number of aromatic nitrogens is 5. The predicted molar refractivity (Wildman–Crippen MR) is 155 cm³/mol. The van der Waals surface area contributed by atoms with Crippen LogP contribution >= 0.6 is 0 Å². The Bertz CT molecular complexity index is 1680. The molecule has 0 N–H and O–H groups in total. The molecule has 194 valence electrons. The highest BCUT2D eigenvalue weighted by molar-refractivity contribution is 5.79. The summed E-state index contributed by atoms with van der Waals surface area (Å²) in [5.41, 5.74) is 7.83. The maximum atomic E-state index is 5.13. The minimum Gasteiger partial charge on any atom is -0.254 e. The van der Waals surface area contributed by atoms with E-state index in [1.165, 1.54) is 43.2 Å². The monoisotopic (exact) mass is 519 g/mol. The first kappa shape index (κ1) is 22.6. The first-order chi connectivity index (χ1) is 19.8. The highest BCUT2D eigenvalue weighted by Crippen LogP contribution is 2.68. The molecule has 0 aliphatic heterocycles. The lowest BCUT2D eigenvalue weighted by Crippen LogP contribution is -2.55. The molecule has 0 saturated heterocycles. The molecule has 3 heterocycles. The summed E-state index contributed by atoms with van der Waals surface area (Å²) >= 11 is 0. The van der Waals surface area contributed by atoms with Crippen molar-refractivity contribution in [2.45, 2.75) is 37.5 Å². The molecular formula is C35H29N5. The van der Waals surface area contributed by atoms with Crippen LogP contribution < -0.4 is 0 Å². The van der Waals surface area contributed by atoms with Crippen LogP contribution in [0.5, 0.6) is 0 Å². The van der Waals surface area contributed by atoms with Crippen LogP contribution in [0, 0.1) is 23.7 Å². The van der Waals surface area contributed by atoms with Gasteiger partial charge in [0.25, 0.3) is 0 Å². The predicted octanol–water partition coefficient (Wildman–Crippen LogP) is 7.39. The Hall–Kier alpha value is -4.25. The van der Waals surface area contributed by atoms with Gasteiger partial charge in [0.2, 0.25) is 0 Å². The fraction of sp³-hybridized carbons (Fsp3) is 0.286. The van der Waals surface area contributed by atoms with Crippen molar-refractivity contribution in [2.24, 2.45) is 23.7 Å². The fourth-order valence-corrected chi connectivity index (χ4v) is 8.91. The molecule has 0 atom stereocenters. The number of hydrogen-bond acceptors (Lipinski definition) is 5. The van der Waals surface area contributed by atoms with E-state index in [9.17, 15) is 0 Å². The van der Waals surface area contributed by atoms with E-state index in [4.69, 9.17) is 24.9 Å². The van der Waals surface area contributed by atoms with Crippen molar-refractivity contribution in [2.75, 3.05) is 0 Å². The van der Waals surface area contributed by atoms with Gasteiger partial charge in [-0.1, -0.05) is 66.7 Å². The van der Waals surface area contributed by atoms with Gasteiger partial charge in [-0.05, 0) is 79.0 Å². The smallest absolute Gasteiger partial charge is 0.165 e. The molecule has 3 aromatic heterocycles. The van der Waals surface area contributed by atoms with E-state index < -0.39 is 0 Å². The SMILES string of the molecule is c1ccc(-c2nc(-c3ccccc3)nc(-c3cnc4c(c3)C3(c5cccnc5-4)C4CC5CC(C4)CC3C5)n2)cc1. The van der Waals surface area contributed by atoms with E-state index in [2.05, 4.69) is 42.5 Å². The zero-order valence-corrected chi connectivity index (χ0v) is 22.2. The number of rotatable bonds is 3. The minimum absolute atomic E-state index is 0.00685. The third-order valence-electron chi connectivity index (χ3n) is 10.2. The van der Waals surface area contributed by atoms with Crippen molar-refractivity contribution in [3.05, 3.63) is 102 Å². The summed E-state index contributed by atoms with van der Waals surface area (Å²) in [7, 11) is 0. The minimum atomic E-state index is 0.00685. The van der Waals surface area contributed by atoms with Crippen LogP contribution in [0.4, 0.5) is 0 Å². The molecule has 5 heteroatoms. The molecule has 4 saturated carbocycles. The molecule has 5 aliphatic carbocycles. The quantitative estimate of drug-likeness (QED) is 0.249. The Kier molecular flexibility index (Phi) is 4.72. The highest BCUT2D eigenvalue weighted by Gasteiger charge is 2.62. The van der Waals surface area contributed by atoms with Gasteiger partial charge in [0.15, 0.2) is 17.5 Å².